The summed E-state index contributed by atoms with van der Waals surface area (Å²) in [5.41, 5.74) is 1.53. The van der Waals surface area contributed by atoms with Gasteiger partial charge in [-0.1, -0.05) is 12.8 Å². The fraction of sp³-hybridized carbons (Fsp3) is 0.520. The first-order chi connectivity index (χ1) is 16.4. The third kappa shape index (κ3) is 4.93. The molecule has 0 spiro atoms. The van der Waals surface area contributed by atoms with E-state index in [9.17, 15) is 4.79 Å². The number of piperazine rings is 1. The summed E-state index contributed by atoms with van der Waals surface area (Å²) in [4.78, 5) is 30.1. The molecule has 3 aromatic heterocycles. The van der Waals surface area contributed by atoms with Crippen LogP contribution in [0.1, 0.15) is 52.5 Å². The van der Waals surface area contributed by atoms with Gasteiger partial charge in [-0.2, -0.15) is 4.98 Å². The Kier molecular flexibility index (Phi) is 6.02. The number of nitrogens with zero attached hydrogens (tertiary/aromatic N) is 6. The highest BCUT2D eigenvalue weighted by atomic mass is 16.6. The minimum absolute atomic E-state index is 0.249. The zero-order valence-corrected chi connectivity index (χ0v) is 20.2. The number of carbonyl (C=O) groups excluding carboxylic acids is 1. The number of amides is 1. The van der Waals surface area contributed by atoms with Crippen LogP contribution < -0.4 is 10.2 Å². The van der Waals surface area contributed by atoms with E-state index >= 15 is 0 Å². The van der Waals surface area contributed by atoms with Gasteiger partial charge in [0, 0.05) is 50.0 Å². The lowest BCUT2D eigenvalue weighted by Crippen LogP contribution is -2.50. The van der Waals surface area contributed by atoms with Crippen molar-refractivity contribution in [3.05, 3.63) is 36.8 Å². The molecule has 34 heavy (non-hydrogen) atoms. The smallest absolute Gasteiger partial charge is 0.410 e. The Morgan fingerprint density at radius 2 is 1.79 bits per heavy atom. The van der Waals surface area contributed by atoms with E-state index in [0.29, 0.717) is 30.9 Å². The molecular weight excluding hydrogens is 430 g/mol. The molecule has 5 rings (SSSR count). The average molecular weight is 464 g/mol. The summed E-state index contributed by atoms with van der Waals surface area (Å²) in [6.07, 6.45) is 10.6. The van der Waals surface area contributed by atoms with Crippen LogP contribution in [0.2, 0.25) is 0 Å². The van der Waals surface area contributed by atoms with Crippen LogP contribution in [0, 0.1) is 0 Å². The first-order valence-corrected chi connectivity index (χ1v) is 12.2. The second kappa shape index (κ2) is 9.12. The Bertz CT molecular complexity index is 1140. The molecule has 3 aromatic rings. The van der Waals surface area contributed by atoms with Crippen molar-refractivity contribution in [2.24, 2.45) is 0 Å². The van der Waals surface area contributed by atoms with Crippen molar-refractivity contribution in [3.8, 4) is 0 Å². The van der Waals surface area contributed by atoms with Gasteiger partial charge in [-0.3, -0.25) is 0 Å². The Balaban J connectivity index is 1.21. The van der Waals surface area contributed by atoms with Gasteiger partial charge in [0.25, 0.3) is 0 Å². The summed E-state index contributed by atoms with van der Waals surface area (Å²) in [7, 11) is 0. The van der Waals surface area contributed by atoms with E-state index in [4.69, 9.17) is 9.72 Å². The molecule has 0 bridgehead atoms. The van der Waals surface area contributed by atoms with Gasteiger partial charge < -0.3 is 24.4 Å². The molecule has 180 valence electrons. The standard InChI is InChI=1S/C25H33N7O2/c1-25(2,3)34-24(33)31-14-12-30(13-15-31)20-8-9-21(26-17-20)28-23-27-16-18-10-11-32(22(18)29-23)19-6-4-5-7-19/h8-11,16-17,19H,4-7,12-15H2,1-3H3,(H,26,27,28,29). The number of anilines is 3. The van der Waals surface area contributed by atoms with E-state index < -0.39 is 5.60 Å². The number of hydrogen-bond donors (Lipinski definition) is 1. The minimum atomic E-state index is -0.477. The highest BCUT2D eigenvalue weighted by Crippen LogP contribution is 2.32. The van der Waals surface area contributed by atoms with Crippen LogP contribution in [0.15, 0.2) is 36.8 Å². The summed E-state index contributed by atoms with van der Waals surface area (Å²) in [6.45, 7) is 8.40. The van der Waals surface area contributed by atoms with Crippen LogP contribution in [-0.2, 0) is 4.74 Å². The van der Waals surface area contributed by atoms with Gasteiger partial charge in [-0.15, -0.1) is 0 Å². The highest BCUT2D eigenvalue weighted by Gasteiger charge is 2.26. The van der Waals surface area contributed by atoms with Gasteiger partial charge in [-0.05, 0) is 51.8 Å². The van der Waals surface area contributed by atoms with E-state index in [1.54, 1.807) is 4.90 Å². The summed E-state index contributed by atoms with van der Waals surface area (Å²) >= 11 is 0. The first kappa shape index (κ1) is 22.4. The van der Waals surface area contributed by atoms with Crippen LogP contribution in [0.4, 0.5) is 22.2 Å². The Labute approximate surface area is 200 Å². The molecule has 2 aliphatic rings. The molecule has 1 aliphatic heterocycles. The van der Waals surface area contributed by atoms with E-state index in [-0.39, 0.29) is 6.09 Å². The number of carbonyl (C=O) groups is 1. The van der Waals surface area contributed by atoms with Gasteiger partial charge in [0.15, 0.2) is 0 Å². The van der Waals surface area contributed by atoms with Gasteiger partial charge >= 0.3 is 6.09 Å². The van der Waals surface area contributed by atoms with Crippen molar-refractivity contribution in [1.82, 2.24) is 24.4 Å². The fourth-order valence-corrected chi connectivity index (χ4v) is 4.71. The number of pyridine rings is 1. The quantitative estimate of drug-likeness (QED) is 0.598. The van der Waals surface area contributed by atoms with E-state index in [0.717, 1.165) is 29.8 Å². The molecule has 2 fully saturated rings. The van der Waals surface area contributed by atoms with Crippen molar-refractivity contribution in [3.63, 3.8) is 0 Å². The van der Waals surface area contributed by atoms with Crippen LogP contribution in [0.25, 0.3) is 11.0 Å². The number of ether oxygens (including phenoxy) is 1. The van der Waals surface area contributed by atoms with E-state index in [2.05, 4.69) is 37.0 Å². The third-order valence-electron chi connectivity index (χ3n) is 6.46. The van der Waals surface area contributed by atoms with Gasteiger partial charge in [-0.25, -0.2) is 14.8 Å². The van der Waals surface area contributed by atoms with Crippen molar-refractivity contribution >= 4 is 34.6 Å². The maximum Gasteiger partial charge on any atom is 0.410 e. The van der Waals surface area contributed by atoms with Crippen molar-refractivity contribution in [2.75, 3.05) is 36.4 Å². The molecular formula is C25H33N7O2. The van der Waals surface area contributed by atoms with Crippen molar-refractivity contribution in [2.45, 2.75) is 58.1 Å². The maximum absolute atomic E-state index is 12.3. The SMILES string of the molecule is CC(C)(C)OC(=O)N1CCN(c2ccc(Nc3ncc4ccn(C5CCCC5)c4n3)nc2)CC1. The monoisotopic (exact) mass is 463 g/mol. The van der Waals surface area contributed by atoms with E-state index in [1.807, 2.05) is 45.3 Å². The molecule has 0 unspecified atom stereocenters. The van der Waals surface area contributed by atoms with Crippen molar-refractivity contribution in [1.29, 1.82) is 0 Å². The zero-order chi connectivity index (χ0) is 23.7. The molecule has 0 atom stereocenters. The van der Waals surface area contributed by atoms with Crippen LogP contribution in [-0.4, -0.2) is 62.3 Å². The normalized spacial score (nSPS) is 17.4. The molecule has 1 saturated heterocycles. The number of rotatable bonds is 4. The number of aromatic nitrogens is 4. The zero-order valence-electron chi connectivity index (χ0n) is 20.2. The van der Waals surface area contributed by atoms with E-state index in [1.165, 1.54) is 25.7 Å². The maximum atomic E-state index is 12.3. The molecule has 9 nitrogen and oxygen atoms in total. The van der Waals surface area contributed by atoms with Crippen LogP contribution in [0.3, 0.4) is 0 Å². The molecule has 9 heteroatoms. The molecule has 1 N–H and O–H groups in total. The molecule has 4 heterocycles. The lowest BCUT2D eigenvalue weighted by atomic mass is 10.2. The first-order valence-electron chi connectivity index (χ1n) is 12.2. The molecule has 1 saturated carbocycles. The van der Waals surface area contributed by atoms with Crippen LogP contribution in [0.5, 0.6) is 0 Å². The Hall–Kier alpha value is -3.36. The van der Waals surface area contributed by atoms with Gasteiger partial charge in [0.1, 0.15) is 17.1 Å². The predicted molar refractivity (Wildman–Crippen MR) is 133 cm³/mol. The second-order valence-corrected chi connectivity index (χ2v) is 10.1. The highest BCUT2D eigenvalue weighted by molar-refractivity contribution is 5.77. The van der Waals surface area contributed by atoms with Crippen molar-refractivity contribution < 1.29 is 9.53 Å². The summed E-state index contributed by atoms with van der Waals surface area (Å²) in [6, 6.07) is 6.61. The third-order valence-corrected chi connectivity index (χ3v) is 6.46. The lowest BCUT2D eigenvalue weighted by molar-refractivity contribution is 0.0240. The second-order valence-electron chi connectivity index (χ2n) is 10.1. The summed E-state index contributed by atoms with van der Waals surface area (Å²) < 4.78 is 7.78. The molecule has 1 aliphatic carbocycles. The molecule has 0 aromatic carbocycles. The summed E-state index contributed by atoms with van der Waals surface area (Å²) in [5, 5.41) is 4.30. The molecule has 0 radical (unpaired) electrons. The minimum Gasteiger partial charge on any atom is -0.444 e. The molecule has 1 amide bonds. The number of nitrogens with one attached hydrogen (secondary N) is 1. The lowest BCUT2D eigenvalue weighted by Gasteiger charge is -2.36. The Morgan fingerprint density at radius 3 is 2.47 bits per heavy atom. The number of hydrogen-bond acceptors (Lipinski definition) is 7. The van der Waals surface area contributed by atoms with Gasteiger partial charge in [0.2, 0.25) is 5.95 Å². The Morgan fingerprint density at radius 1 is 1.03 bits per heavy atom. The van der Waals surface area contributed by atoms with Gasteiger partial charge in [0.05, 0.1) is 11.9 Å². The largest absolute Gasteiger partial charge is 0.444 e. The summed E-state index contributed by atoms with van der Waals surface area (Å²) in [5.74, 6) is 1.26. The average Bonchev–Trinajstić information content (AvgIpc) is 3.48. The topological polar surface area (TPSA) is 88.4 Å². The fourth-order valence-electron chi connectivity index (χ4n) is 4.71. The predicted octanol–water partition coefficient (Wildman–Crippen LogP) is 4.74. The number of fused-ring (bicyclic) bond motifs is 1. The van der Waals surface area contributed by atoms with Crippen LogP contribution >= 0.6 is 0 Å².